The van der Waals surface area contributed by atoms with Crippen molar-refractivity contribution in [3.8, 4) is 11.5 Å². The van der Waals surface area contributed by atoms with Crippen molar-refractivity contribution in [1.29, 1.82) is 0 Å². The third kappa shape index (κ3) is 3.88. The average molecular weight is 377 g/mol. The second-order valence-corrected chi connectivity index (χ2v) is 7.02. The standard InChI is InChI=1S/C23H23NO4/c1-15-7-9-20(16(2)13-15)27-14-17-8-10-22(28-17)23(25)24-19-11-12-26-21-6-4-3-5-18(19)21/h3-10,13,19H,11-12,14H2,1-2H3,(H,24,25). The summed E-state index contributed by atoms with van der Waals surface area (Å²) in [5, 5.41) is 3.04. The van der Waals surface area contributed by atoms with Gasteiger partial charge >= 0.3 is 0 Å². The highest BCUT2D eigenvalue weighted by molar-refractivity contribution is 5.91. The van der Waals surface area contributed by atoms with Crippen LogP contribution < -0.4 is 14.8 Å². The van der Waals surface area contributed by atoms with E-state index in [4.69, 9.17) is 13.9 Å². The number of furan rings is 1. The number of aryl methyl sites for hydroxylation is 2. The van der Waals surface area contributed by atoms with E-state index in [0.29, 0.717) is 12.4 Å². The molecule has 2 aromatic carbocycles. The lowest BCUT2D eigenvalue weighted by Gasteiger charge is -2.26. The van der Waals surface area contributed by atoms with Gasteiger partial charge in [0.1, 0.15) is 23.9 Å². The zero-order valence-electron chi connectivity index (χ0n) is 16.0. The predicted molar refractivity (Wildman–Crippen MR) is 106 cm³/mol. The minimum atomic E-state index is -0.237. The molecule has 4 rings (SSSR count). The van der Waals surface area contributed by atoms with E-state index in [2.05, 4.69) is 11.4 Å². The van der Waals surface area contributed by atoms with Gasteiger partial charge in [-0.2, -0.15) is 0 Å². The molecular weight excluding hydrogens is 354 g/mol. The summed E-state index contributed by atoms with van der Waals surface area (Å²) in [6.45, 7) is 4.91. The predicted octanol–water partition coefficient (Wildman–Crippen LogP) is 4.73. The lowest BCUT2D eigenvalue weighted by atomic mass is 10.0. The van der Waals surface area contributed by atoms with Crippen molar-refractivity contribution in [3.05, 3.63) is 82.8 Å². The van der Waals surface area contributed by atoms with Crippen molar-refractivity contribution in [2.75, 3.05) is 6.61 Å². The molecule has 5 nitrogen and oxygen atoms in total. The Morgan fingerprint density at radius 2 is 2.00 bits per heavy atom. The number of hydrogen-bond donors (Lipinski definition) is 1. The second kappa shape index (κ2) is 7.80. The molecular formula is C23H23NO4. The molecule has 0 radical (unpaired) electrons. The summed E-state index contributed by atoms with van der Waals surface area (Å²) in [5.74, 6) is 2.29. The van der Waals surface area contributed by atoms with Crippen LogP contribution in [0.1, 0.15) is 45.5 Å². The molecule has 0 saturated carbocycles. The van der Waals surface area contributed by atoms with Gasteiger partial charge in [-0.1, -0.05) is 35.9 Å². The monoisotopic (exact) mass is 377 g/mol. The minimum absolute atomic E-state index is 0.0857. The number of carbonyl (C=O) groups is 1. The smallest absolute Gasteiger partial charge is 0.287 e. The first kappa shape index (κ1) is 18.2. The van der Waals surface area contributed by atoms with E-state index in [0.717, 1.165) is 29.0 Å². The molecule has 2 heterocycles. The van der Waals surface area contributed by atoms with Crippen LogP contribution in [0.2, 0.25) is 0 Å². The molecule has 1 N–H and O–H groups in total. The van der Waals surface area contributed by atoms with Gasteiger partial charge < -0.3 is 19.2 Å². The van der Waals surface area contributed by atoms with Gasteiger partial charge in [-0.3, -0.25) is 4.79 Å². The first-order valence-electron chi connectivity index (χ1n) is 9.41. The third-order valence-electron chi connectivity index (χ3n) is 4.85. The molecule has 3 aromatic rings. The van der Waals surface area contributed by atoms with Crippen molar-refractivity contribution in [2.24, 2.45) is 0 Å². The number of benzene rings is 2. The quantitative estimate of drug-likeness (QED) is 0.698. The van der Waals surface area contributed by atoms with Gasteiger partial charge in [0, 0.05) is 12.0 Å². The maximum Gasteiger partial charge on any atom is 0.287 e. The third-order valence-corrected chi connectivity index (χ3v) is 4.85. The van der Waals surface area contributed by atoms with Crippen LogP contribution >= 0.6 is 0 Å². The number of ether oxygens (including phenoxy) is 2. The van der Waals surface area contributed by atoms with Gasteiger partial charge in [-0.15, -0.1) is 0 Å². The molecule has 1 atom stereocenters. The molecule has 1 aliphatic heterocycles. The fourth-order valence-corrected chi connectivity index (χ4v) is 3.41. The summed E-state index contributed by atoms with van der Waals surface area (Å²) < 4.78 is 17.2. The highest BCUT2D eigenvalue weighted by Gasteiger charge is 2.24. The maximum absolute atomic E-state index is 12.6. The summed E-state index contributed by atoms with van der Waals surface area (Å²) >= 11 is 0. The summed E-state index contributed by atoms with van der Waals surface area (Å²) in [7, 11) is 0. The number of rotatable bonds is 5. The fourth-order valence-electron chi connectivity index (χ4n) is 3.41. The summed E-state index contributed by atoms with van der Waals surface area (Å²) in [4.78, 5) is 12.6. The van der Waals surface area contributed by atoms with Gasteiger partial charge in [0.05, 0.1) is 12.6 Å². The number of hydrogen-bond acceptors (Lipinski definition) is 4. The normalized spacial score (nSPS) is 15.4. The van der Waals surface area contributed by atoms with E-state index < -0.39 is 0 Å². The Bertz CT molecular complexity index is 992. The Morgan fingerprint density at radius 1 is 1.14 bits per heavy atom. The first-order chi connectivity index (χ1) is 13.6. The molecule has 5 heteroatoms. The molecule has 0 saturated heterocycles. The van der Waals surface area contributed by atoms with Gasteiger partial charge in [-0.05, 0) is 43.7 Å². The lowest BCUT2D eigenvalue weighted by molar-refractivity contribution is 0.0892. The van der Waals surface area contributed by atoms with Gasteiger partial charge in [-0.25, -0.2) is 0 Å². The van der Waals surface area contributed by atoms with Crippen molar-refractivity contribution in [1.82, 2.24) is 5.32 Å². The summed E-state index contributed by atoms with van der Waals surface area (Å²) in [6.07, 6.45) is 0.728. The molecule has 0 spiro atoms. The van der Waals surface area contributed by atoms with E-state index in [1.165, 1.54) is 5.56 Å². The van der Waals surface area contributed by atoms with E-state index in [9.17, 15) is 4.79 Å². The largest absolute Gasteiger partial charge is 0.493 e. The van der Waals surface area contributed by atoms with Crippen LogP contribution in [0.25, 0.3) is 0 Å². The van der Waals surface area contributed by atoms with Crippen molar-refractivity contribution in [3.63, 3.8) is 0 Å². The SMILES string of the molecule is Cc1ccc(OCc2ccc(C(=O)NC3CCOc4ccccc43)o2)c(C)c1. The number of amides is 1. The van der Waals surface area contributed by atoms with Crippen LogP contribution in [-0.4, -0.2) is 12.5 Å². The Labute approximate surface area is 164 Å². The molecule has 0 fully saturated rings. The van der Waals surface area contributed by atoms with Crippen molar-refractivity contribution in [2.45, 2.75) is 32.9 Å². The zero-order valence-corrected chi connectivity index (χ0v) is 16.0. The minimum Gasteiger partial charge on any atom is -0.493 e. The Morgan fingerprint density at radius 3 is 2.86 bits per heavy atom. The van der Waals surface area contributed by atoms with Crippen LogP contribution in [0.3, 0.4) is 0 Å². The molecule has 28 heavy (non-hydrogen) atoms. The number of fused-ring (bicyclic) bond motifs is 1. The van der Waals surface area contributed by atoms with E-state index >= 15 is 0 Å². The van der Waals surface area contributed by atoms with Crippen molar-refractivity contribution >= 4 is 5.91 Å². The van der Waals surface area contributed by atoms with Crippen LogP contribution in [0, 0.1) is 13.8 Å². The summed E-state index contributed by atoms with van der Waals surface area (Å²) in [5.41, 5.74) is 3.26. The molecule has 1 unspecified atom stereocenters. The van der Waals surface area contributed by atoms with E-state index in [-0.39, 0.29) is 24.3 Å². The van der Waals surface area contributed by atoms with Gasteiger partial charge in [0.2, 0.25) is 0 Å². The number of para-hydroxylation sites is 1. The van der Waals surface area contributed by atoms with Crippen LogP contribution in [-0.2, 0) is 6.61 Å². The Balaban J connectivity index is 1.40. The number of nitrogens with one attached hydrogen (secondary N) is 1. The van der Waals surface area contributed by atoms with Crippen LogP contribution in [0.15, 0.2) is 59.0 Å². The molecule has 144 valence electrons. The maximum atomic E-state index is 12.6. The van der Waals surface area contributed by atoms with E-state index in [1.807, 2.05) is 50.2 Å². The zero-order chi connectivity index (χ0) is 19.5. The lowest BCUT2D eigenvalue weighted by Crippen LogP contribution is -2.31. The van der Waals surface area contributed by atoms with Gasteiger partial charge in [0.25, 0.3) is 5.91 Å². The fraction of sp³-hybridized carbons (Fsp3) is 0.261. The highest BCUT2D eigenvalue weighted by atomic mass is 16.5. The van der Waals surface area contributed by atoms with E-state index in [1.54, 1.807) is 12.1 Å². The Hall–Kier alpha value is -3.21. The summed E-state index contributed by atoms with van der Waals surface area (Å²) in [6, 6.07) is 17.2. The first-order valence-corrected chi connectivity index (χ1v) is 9.41. The molecule has 1 aromatic heterocycles. The number of carbonyl (C=O) groups excluding carboxylic acids is 1. The average Bonchev–Trinajstić information content (AvgIpc) is 3.17. The molecule has 1 aliphatic rings. The van der Waals surface area contributed by atoms with Gasteiger partial charge in [0.15, 0.2) is 5.76 Å². The van der Waals surface area contributed by atoms with Crippen LogP contribution in [0.4, 0.5) is 0 Å². The highest BCUT2D eigenvalue weighted by Crippen LogP contribution is 2.31. The molecule has 1 amide bonds. The van der Waals surface area contributed by atoms with Crippen molar-refractivity contribution < 1.29 is 18.7 Å². The Kier molecular flexibility index (Phi) is 5.06. The molecule has 0 aliphatic carbocycles. The molecule has 0 bridgehead atoms. The topological polar surface area (TPSA) is 60.7 Å². The second-order valence-electron chi connectivity index (χ2n) is 7.02. The van der Waals surface area contributed by atoms with Crippen LogP contribution in [0.5, 0.6) is 11.5 Å².